The number of hydrogen-bond donors (Lipinski definition) is 1. The van der Waals surface area contributed by atoms with E-state index >= 15 is 0 Å². The second-order valence-electron chi connectivity index (χ2n) is 8.49. The number of ether oxygens (including phenoxy) is 2. The number of likely N-dealkylation sites (N-methyl/N-ethyl adjacent to an activating group) is 1. The molecule has 1 aliphatic rings. The van der Waals surface area contributed by atoms with E-state index in [0.29, 0.717) is 42.3 Å². The molecule has 2 amide bonds. The Morgan fingerprint density at radius 3 is 2.46 bits per heavy atom. The highest BCUT2D eigenvalue weighted by Gasteiger charge is 2.29. The van der Waals surface area contributed by atoms with E-state index in [0.717, 1.165) is 18.7 Å². The van der Waals surface area contributed by atoms with Crippen molar-refractivity contribution in [3.8, 4) is 22.8 Å². The standard InChI is InChI=1S/C26H30N4O5/c1-29-11-13-30(14-12-29)26(32)22(15-18-7-5-4-6-8-18)27-25(31)21-17-24(35-28-21)20-16-19(33-2)9-10-23(20)34-3/h4-10,16-17,22H,11-15H2,1-3H3,(H,27,31). The summed E-state index contributed by atoms with van der Waals surface area (Å²) in [6, 6.07) is 15.7. The molecule has 2 heterocycles. The highest BCUT2D eigenvalue weighted by molar-refractivity contribution is 5.97. The zero-order valence-electron chi connectivity index (χ0n) is 20.2. The molecule has 1 saturated heterocycles. The molecule has 9 heteroatoms. The summed E-state index contributed by atoms with van der Waals surface area (Å²) < 4.78 is 16.2. The fourth-order valence-corrected chi connectivity index (χ4v) is 4.05. The zero-order valence-corrected chi connectivity index (χ0v) is 20.2. The molecule has 1 fully saturated rings. The van der Waals surface area contributed by atoms with Crippen LogP contribution in [0.25, 0.3) is 11.3 Å². The summed E-state index contributed by atoms with van der Waals surface area (Å²) >= 11 is 0. The molecule has 9 nitrogen and oxygen atoms in total. The van der Waals surface area contributed by atoms with Gasteiger partial charge in [-0.2, -0.15) is 0 Å². The summed E-state index contributed by atoms with van der Waals surface area (Å²) in [6.45, 7) is 2.85. The van der Waals surface area contributed by atoms with Gasteiger partial charge in [-0.3, -0.25) is 9.59 Å². The summed E-state index contributed by atoms with van der Waals surface area (Å²) in [7, 11) is 5.15. The van der Waals surface area contributed by atoms with Crippen molar-refractivity contribution in [2.24, 2.45) is 0 Å². The van der Waals surface area contributed by atoms with Crippen molar-refractivity contribution >= 4 is 11.8 Å². The van der Waals surface area contributed by atoms with Gasteiger partial charge in [0.2, 0.25) is 5.91 Å². The molecule has 0 saturated carbocycles. The molecule has 1 aliphatic heterocycles. The van der Waals surface area contributed by atoms with Crippen LogP contribution in [0, 0.1) is 0 Å². The minimum Gasteiger partial charge on any atom is -0.497 e. The third-order valence-corrected chi connectivity index (χ3v) is 6.12. The van der Waals surface area contributed by atoms with Crippen LogP contribution in [0.2, 0.25) is 0 Å². The Kier molecular flexibility index (Phi) is 7.67. The quantitative estimate of drug-likeness (QED) is 0.531. The van der Waals surface area contributed by atoms with Gasteiger partial charge in [0.25, 0.3) is 5.91 Å². The molecule has 0 radical (unpaired) electrons. The normalized spacial score (nSPS) is 14.9. The number of piperazine rings is 1. The second kappa shape index (κ2) is 11.1. The van der Waals surface area contributed by atoms with Gasteiger partial charge in [0, 0.05) is 38.7 Å². The Hall–Kier alpha value is -3.85. The molecule has 2 aromatic carbocycles. The number of amides is 2. The Morgan fingerprint density at radius 1 is 1.03 bits per heavy atom. The van der Waals surface area contributed by atoms with Gasteiger partial charge in [-0.05, 0) is 30.8 Å². The number of carbonyl (C=O) groups excluding carboxylic acids is 2. The molecule has 1 atom stereocenters. The SMILES string of the molecule is COc1ccc(OC)c(-c2cc(C(=O)NC(Cc3ccccc3)C(=O)N3CCN(C)CC3)no2)c1. The van der Waals surface area contributed by atoms with E-state index < -0.39 is 11.9 Å². The maximum atomic E-state index is 13.4. The van der Waals surface area contributed by atoms with Crippen molar-refractivity contribution in [1.82, 2.24) is 20.3 Å². The smallest absolute Gasteiger partial charge is 0.274 e. The van der Waals surface area contributed by atoms with Crippen LogP contribution in [0.3, 0.4) is 0 Å². The molecule has 3 aromatic rings. The number of aromatic nitrogens is 1. The van der Waals surface area contributed by atoms with Gasteiger partial charge < -0.3 is 29.1 Å². The third kappa shape index (κ3) is 5.81. The van der Waals surface area contributed by atoms with Crippen LogP contribution in [-0.2, 0) is 11.2 Å². The lowest BCUT2D eigenvalue weighted by Gasteiger charge is -2.34. The summed E-state index contributed by atoms with van der Waals surface area (Å²) in [5.74, 6) is 0.944. The van der Waals surface area contributed by atoms with Gasteiger partial charge in [-0.1, -0.05) is 35.5 Å². The lowest BCUT2D eigenvalue weighted by Crippen LogP contribution is -2.55. The first kappa shape index (κ1) is 24.3. The number of methoxy groups -OCH3 is 2. The van der Waals surface area contributed by atoms with Gasteiger partial charge >= 0.3 is 0 Å². The monoisotopic (exact) mass is 478 g/mol. The first-order valence-corrected chi connectivity index (χ1v) is 11.5. The van der Waals surface area contributed by atoms with Crippen LogP contribution in [-0.4, -0.2) is 80.3 Å². The van der Waals surface area contributed by atoms with Crippen LogP contribution in [0.15, 0.2) is 59.1 Å². The third-order valence-electron chi connectivity index (χ3n) is 6.12. The first-order chi connectivity index (χ1) is 17.0. The summed E-state index contributed by atoms with van der Waals surface area (Å²) in [6.07, 6.45) is 0.381. The Balaban J connectivity index is 1.54. The van der Waals surface area contributed by atoms with Gasteiger partial charge in [0.1, 0.15) is 17.5 Å². The molecule has 184 valence electrons. The molecule has 1 aromatic heterocycles. The van der Waals surface area contributed by atoms with Crippen molar-refractivity contribution in [3.05, 3.63) is 65.9 Å². The van der Waals surface area contributed by atoms with Crippen LogP contribution in [0.1, 0.15) is 16.1 Å². The number of carbonyl (C=O) groups is 2. The van der Waals surface area contributed by atoms with E-state index in [2.05, 4.69) is 15.4 Å². The molecular weight excluding hydrogens is 448 g/mol. The number of hydrogen-bond acceptors (Lipinski definition) is 7. The fourth-order valence-electron chi connectivity index (χ4n) is 4.05. The predicted octanol–water partition coefficient (Wildman–Crippen LogP) is 2.47. The molecule has 0 aliphatic carbocycles. The summed E-state index contributed by atoms with van der Waals surface area (Å²) in [4.78, 5) is 30.5. The van der Waals surface area contributed by atoms with E-state index in [-0.39, 0.29) is 11.6 Å². The maximum absolute atomic E-state index is 13.4. The van der Waals surface area contributed by atoms with Gasteiger partial charge in [-0.15, -0.1) is 0 Å². The molecular formula is C26H30N4O5. The number of nitrogens with zero attached hydrogens (tertiary/aromatic N) is 3. The van der Waals surface area contributed by atoms with E-state index in [4.69, 9.17) is 14.0 Å². The van der Waals surface area contributed by atoms with Crippen LogP contribution in [0.4, 0.5) is 0 Å². The average molecular weight is 479 g/mol. The highest BCUT2D eigenvalue weighted by Crippen LogP contribution is 2.33. The minimum absolute atomic E-state index is 0.0779. The van der Waals surface area contributed by atoms with Crippen molar-refractivity contribution in [2.75, 3.05) is 47.4 Å². The number of nitrogens with one attached hydrogen (secondary N) is 1. The lowest BCUT2D eigenvalue weighted by molar-refractivity contribution is -0.134. The van der Waals surface area contributed by atoms with Gasteiger partial charge in [-0.25, -0.2) is 0 Å². The summed E-state index contributed by atoms with van der Waals surface area (Å²) in [5, 5.41) is 6.83. The van der Waals surface area contributed by atoms with Gasteiger partial charge in [0.05, 0.1) is 19.8 Å². The van der Waals surface area contributed by atoms with Crippen molar-refractivity contribution in [2.45, 2.75) is 12.5 Å². The van der Waals surface area contributed by atoms with Crippen molar-refractivity contribution in [3.63, 3.8) is 0 Å². The number of rotatable bonds is 8. The topological polar surface area (TPSA) is 97.1 Å². The molecule has 0 bridgehead atoms. The van der Waals surface area contributed by atoms with E-state index in [1.807, 2.05) is 42.3 Å². The van der Waals surface area contributed by atoms with Crippen LogP contribution < -0.4 is 14.8 Å². The van der Waals surface area contributed by atoms with E-state index in [1.165, 1.54) is 6.07 Å². The number of benzene rings is 2. The molecule has 0 spiro atoms. The van der Waals surface area contributed by atoms with Crippen LogP contribution >= 0.6 is 0 Å². The molecule has 1 unspecified atom stereocenters. The first-order valence-electron chi connectivity index (χ1n) is 11.5. The Bertz CT molecular complexity index is 1160. The molecule has 35 heavy (non-hydrogen) atoms. The maximum Gasteiger partial charge on any atom is 0.274 e. The van der Waals surface area contributed by atoms with Crippen LogP contribution in [0.5, 0.6) is 11.5 Å². The summed E-state index contributed by atoms with van der Waals surface area (Å²) in [5.41, 5.74) is 1.64. The lowest BCUT2D eigenvalue weighted by atomic mass is 10.0. The average Bonchev–Trinajstić information content (AvgIpc) is 3.39. The van der Waals surface area contributed by atoms with E-state index in [1.54, 1.807) is 32.4 Å². The van der Waals surface area contributed by atoms with Crippen molar-refractivity contribution in [1.29, 1.82) is 0 Å². The van der Waals surface area contributed by atoms with Gasteiger partial charge in [0.15, 0.2) is 11.5 Å². The van der Waals surface area contributed by atoms with E-state index in [9.17, 15) is 9.59 Å². The zero-order chi connectivity index (χ0) is 24.8. The molecule has 4 rings (SSSR count). The fraction of sp³-hybridized carbons (Fsp3) is 0.346. The molecule has 1 N–H and O–H groups in total. The highest BCUT2D eigenvalue weighted by atomic mass is 16.5. The second-order valence-corrected chi connectivity index (χ2v) is 8.49. The largest absolute Gasteiger partial charge is 0.497 e. The Labute approximate surface area is 204 Å². The minimum atomic E-state index is -0.722. The predicted molar refractivity (Wildman–Crippen MR) is 131 cm³/mol. The Morgan fingerprint density at radius 2 is 1.77 bits per heavy atom. The van der Waals surface area contributed by atoms with Crippen molar-refractivity contribution < 1.29 is 23.6 Å².